The molecule has 0 aliphatic carbocycles. The Bertz CT molecular complexity index is 744. The third kappa shape index (κ3) is 2.47. The molecule has 0 aromatic carbocycles. The van der Waals surface area contributed by atoms with E-state index in [0.717, 1.165) is 10.6 Å². The van der Waals surface area contributed by atoms with Crippen LogP contribution in [0.2, 0.25) is 0 Å². The van der Waals surface area contributed by atoms with Crippen LogP contribution in [0.3, 0.4) is 0 Å². The molecule has 1 aliphatic heterocycles. The first-order chi connectivity index (χ1) is 10.2. The highest BCUT2D eigenvalue weighted by atomic mass is 19.1. The second-order valence-corrected chi connectivity index (χ2v) is 5.23. The lowest BCUT2D eigenvalue weighted by Crippen LogP contribution is -2.46. The molecule has 5 atom stereocenters. The summed E-state index contributed by atoms with van der Waals surface area (Å²) in [6.07, 6.45) is -5.76. The first kappa shape index (κ1) is 16.4. The minimum atomic E-state index is -2.59. The fraction of sp³-hybridized carbons (Fsp3) is 0.571. The van der Waals surface area contributed by atoms with Crippen molar-refractivity contribution in [2.45, 2.75) is 51.0 Å². The first-order valence-electron chi connectivity index (χ1n) is 6.69. The summed E-state index contributed by atoms with van der Waals surface area (Å²) in [7, 11) is 0. The standard InChI is InChI=1S/C14H17FN2O5/c1-4-5-14(15)11(20)10(8(3)18)22-12(14)17-7(2)6-9(19)16-13(17)21/h6,8,10-12,18,20H,1-3H3,(H,16,19,21)/t8-,10-,11?,12-,14-/m1/s1. The number of aryl methyl sites for hydroxylation is 1. The molecule has 3 N–H and O–H groups in total. The molecule has 0 spiro atoms. The molecule has 8 heteroatoms. The van der Waals surface area contributed by atoms with E-state index in [1.54, 1.807) is 0 Å². The van der Waals surface area contributed by atoms with Crippen LogP contribution in [0.15, 0.2) is 15.7 Å². The van der Waals surface area contributed by atoms with Crippen LogP contribution in [0, 0.1) is 18.8 Å². The van der Waals surface area contributed by atoms with Crippen molar-refractivity contribution in [1.82, 2.24) is 9.55 Å². The van der Waals surface area contributed by atoms with Gasteiger partial charge in [0.05, 0.1) is 6.10 Å². The van der Waals surface area contributed by atoms with Crippen molar-refractivity contribution in [3.63, 3.8) is 0 Å². The fourth-order valence-corrected chi connectivity index (χ4v) is 2.57. The second kappa shape index (κ2) is 5.68. The Kier molecular flexibility index (Phi) is 4.24. The second-order valence-electron chi connectivity index (χ2n) is 5.23. The maximum Gasteiger partial charge on any atom is 0.330 e. The summed E-state index contributed by atoms with van der Waals surface area (Å²) in [4.78, 5) is 25.3. The molecule has 0 bridgehead atoms. The van der Waals surface area contributed by atoms with Gasteiger partial charge in [0.2, 0.25) is 5.67 Å². The van der Waals surface area contributed by atoms with Crippen molar-refractivity contribution in [3.8, 4) is 11.8 Å². The van der Waals surface area contributed by atoms with E-state index >= 15 is 4.39 Å². The minimum absolute atomic E-state index is 0.150. The van der Waals surface area contributed by atoms with Crippen LogP contribution in [0.25, 0.3) is 0 Å². The summed E-state index contributed by atoms with van der Waals surface area (Å²) < 4.78 is 21.4. The average Bonchev–Trinajstić information content (AvgIpc) is 2.63. The Labute approximate surface area is 125 Å². The van der Waals surface area contributed by atoms with E-state index in [-0.39, 0.29) is 5.69 Å². The molecule has 1 saturated heterocycles. The maximum absolute atomic E-state index is 15.2. The fourth-order valence-electron chi connectivity index (χ4n) is 2.57. The molecule has 1 aromatic heterocycles. The Morgan fingerprint density at radius 1 is 1.55 bits per heavy atom. The van der Waals surface area contributed by atoms with Gasteiger partial charge in [-0.05, 0) is 20.8 Å². The van der Waals surface area contributed by atoms with E-state index in [9.17, 15) is 19.8 Å². The lowest BCUT2D eigenvalue weighted by atomic mass is 9.94. The number of ether oxygens (including phenoxy) is 1. The summed E-state index contributed by atoms with van der Waals surface area (Å²) >= 11 is 0. The Balaban J connectivity index is 2.64. The van der Waals surface area contributed by atoms with Gasteiger partial charge in [-0.3, -0.25) is 14.3 Å². The molecule has 1 aromatic rings. The molecule has 0 amide bonds. The molecule has 2 rings (SSSR count). The lowest BCUT2D eigenvalue weighted by molar-refractivity contribution is -0.0809. The van der Waals surface area contributed by atoms with Gasteiger partial charge in [0.15, 0.2) is 6.23 Å². The minimum Gasteiger partial charge on any atom is -0.391 e. The molecule has 1 fully saturated rings. The highest BCUT2D eigenvalue weighted by Crippen LogP contribution is 2.42. The Hall–Kier alpha value is -1.95. The molecule has 120 valence electrons. The monoisotopic (exact) mass is 312 g/mol. The number of hydrogen-bond donors (Lipinski definition) is 3. The predicted octanol–water partition coefficient (Wildman–Crippen LogP) is -0.784. The number of H-pyrrole nitrogens is 1. The van der Waals surface area contributed by atoms with Crippen molar-refractivity contribution in [1.29, 1.82) is 0 Å². The summed E-state index contributed by atoms with van der Waals surface area (Å²) in [5, 5.41) is 19.8. The number of alkyl halides is 1. The summed E-state index contributed by atoms with van der Waals surface area (Å²) in [5.41, 5.74) is -3.95. The van der Waals surface area contributed by atoms with Crippen LogP contribution in [0.1, 0.15) is 25.8 Å². The van der Waals surface area contributed by atoms with Crippen LogP contribution in [-0.2, 0) is 4.74 Å². The number of aromatic nitrogens is 2. The van der Waals surface area contributed by atoms with E-state index in [0.29, 0.717) is 0 Å². The number of aliphatic hydroxyl groups is 2. The van der Waals surface area contributed by atoms with Crippen LogP contribution >= 0.6 is 0 Å². The van der Waals surface area contributed by atoms with Gasteiger partial charge in [-0.1, -0.05) is 5.92 Å². The lowest BCUT2D eigenvalue weighted by Gasteiger charge is -2.25. The molecule has 1 aliphatic rings. The molecular formula is C14H17FN2O5. The number of nitrogens with one attached hydrogen (secondary N) is 1. The molecule has 1 unspecified atom stereocenters. The predicted molar refractivity (Wildman–Crippen MR) is 74.9 cm³/mol. The van der Waals surface area contributed by atoms with E-state index in [4.69, 9.17) is 4.74 Å². The third-order valence-electron chi connectivity index (χ3n) is 3.58. The number of halogens is 1. The van der Waals surface area contributed by atoms with Crippen molar-refractivity contribution in [2.75, 3.05) is 0 Å². The largest absolute Gasteiger partial charge is 0.391 e. The van der Waals surface area contributed by atoms with Crippen LogP contribution in [0.4, 0.5) is 4.39 Å². The highest BCUT2D eigenvalue weighted by molar-refractivity contribution is 5.23. The van der Waals surface area contributed by atoms with Crippen molar-refractivity contribution >= 4 is 0 Å². The van der Waals surface area contributed by atoms with Crippen molar-refractivity contribution in [2.24, 2.45) is 0 Å². The Morgan fingerprint density at radius 3 is 2.68 bits per heavy atom. The number of rotatable bonds is 2. The van der Waals surface area contributed by atoms with Crippen LogP contribution < -0.4 is 11.2 Å². The topological polar surface area (TPSA) is 105 Å². The molecule has 0 radical (unpaired) electrons. The van der Waals surface area contributed by atoms with E-state index in [1.807, 2.05) is 4.98 Å². The zero-order valence-corrected chi connectivity index (χ0v) is 12.3. The molecule has 22 heavy (non-hydrogen) atoms. The molecule has 0 saturated carbocycles. The van der Waals surface area contributed by atoms with Gasteiger partial charge in [-0.15, -0.1) is 5.92 Å². The van der Waals surface area contributed by atoms with Gasteiger partial charge in [0.1, 0.15) is 12.2 Å². The van der Waals surface area contributed by atoms with Crippen molar-refractivity contribution < 1.29 is 19.3 Å². The zero-order valence-electron chi connectivity index (χ0n) is 12.3. The van der Waals surface area contributed by atoms with Crippen LogP contribution in [0.5, 0.6) is 0 Å². The highest BCUT2D eigenvalue weighted by Gasteiger charge is 2.59. The van der Waals surface area contributed by atoms with Gasteiger partial charge in [-0.25, -0.2) is 9.18 Å². The maximum atomic E-state index is 15.2. The number of hydrogen-bond acceptors (Lipinski definition) is 5. The number of aliphatic hydroxyl groups excluding tert-OH is 2. The Morgan fingerprint density at radius 2 is 2.18 bits per heavy atom. The smallest absolute Gasteiger partial charge is 0.330 e. The number of nitrogens with zero attached hydrogens (tertiary/aromatic N) is 1. The van der Waals surface area contributed by atoms with Gasteiger partial charge in [0, 0.05) is 11.8 Å². The third-order valence-corrected chi connectivity index (χ3v) is 3.58. The quantitative estimate of drug-likeness (QED) is 0.621. The van der Waals surface area contributed by atoms with Gasteiger partial charge < -0.3 is 14.9 Å². The normalized spacial score (nSPS) is 32.4. The summed E-state index contributed by atoms with van der Waals surface area (Å²) in [6, 6.07) is 1.10. The van der Waals surface area contributed by atoms with E-state index < -0.39 is 41.5 Å². The molecule has 2 heterocycles. The molecule has 7 nitrogen and oxygen atoms in total. The average molecular weight is 312 g/mol. The molecular weight excluding hydrogens is 295 g/mol. The summed E-state index contributed by atoms with van der Waals surface area (Å²) in [6.45, 7) is 4.14. The van der Waals surface area contributed by atoms with Gasteiger partial charge in [-0.2, -0.15) is 0 Å². The van der Waals surface area contributed by atoms with E-state index in [1.165, 1.54) is 20.8 Å². The van der Waals surface area contributed by atoms with Gasteiger partial charge in [0.25, 0.3) is 5.56 Å². The van der Waals surface area contributed by atoms with Crippen molar-refractivity contribution in [3.05, 3.63) is 32.6 Å². The zero-order chi connectivity index (χ0) is 16.7. The first-order valence-corrected chi connectivity index (χ1v) is 6.69. The van der Waals surface area contributed by atoms with Gasteiger partial charge >= 0.3 is 5.69 Å². The van der Waals surface area contributed by atoms with Crippen LogP contribution in [-0.4, -0.2) is 43.7 Å². The number of aromatic amines is 1. The van der Waals surface area contributed by atoms with E-state index in [2.05, 4.69) is 11.8 Å². The SMILES string of the molecule is CC#C[C@@]1(F)C(O)[C@@H]([C@@H](C)O)O[C@H]1n1c(C)cc(=O)[nH]c1=O. The summed E-state index contributed by atoms with van der Waals surface area (Å²) in [5.74, 6) is 4.57.